The first-order chi connectivity index (χ1) is 9.48. The van der Waals surface area contributed by atoms with E-state index in [0.29, 0.717) is 6.42 Å². The smallest absolute Gasteiger partial charge is 0.306 e. The number of esters is 1. The number of aromatic hydroxyl groups is 1. The topological polar surface area (TPSA) is 49.8 Å². The Morgan fingerprint density at radius 2 is 2.10 bits per heavy atom. The van der Waals surface area contributed by atoms with Gasteiger partial charge in [-0.2, -0.15) is 0 Å². The molecule has 2 unspecified atom stereocenters. The molecule has 1 aromatic rings. The highest BCUT2D eigenvalue weighted by molar-refractivity contribution is 5.69. The van der Waals surface area contributed by atoms with Crippen molar-refractivity contribution >= 4 is 5.97 Å². The summed E-state index contributed by atoms with van der Waals surface area (Å²) in [5.41, 5.74) is 0.394. The summed E-state index contributed by atoms with van der Waals surface area (Å²) in [4.78, 5) is 14.1. The molecule has 4 nitrogen and oxygen atoms in total. The molecule has 2 rings (SSSR count). The Bertz CT molecular complexity index is 471. The highest BCUT2D eigenvalue weighted by Gasteiger charge is 2.44. The summed E-state index contributed by atoms with van der Waals surface area (Å²) in [5.74, 6) is 0.266. The summed E-state index contributed by atoms with van der Waals surface area (Å²) in [7, 11) is 2.08. The van der Waals surface area contributed by atoms with E-state index < -0.39 is 5.60 Å². The molecule has 0 spiro atoms. The maximum Gasteiger partial charge on any atom is 0.306 e. The highest BCUT2D eigenvalue weighted by atomic mass is 16.6. The summed E-state index contributed by atoms with van der Waals surface area (Å²) in [6, 6.07) is 7.03. The van der Waals surface area contributed by atoms with Crippen LogP contribution in [-0.4, -0.2) is 36.1 Å². The van der Waals surface area contributed by atoms with Gasteiger partial charge >= 0.3 is 5.97 Å². The molecule has 0 aromatic heterocycles. The van der Waals surface area contributed by atoms with Gasteiger partial charge in [0.1, 0.15) is 11.4 Å². The van der Waals surface area contributed by atoms with Crippen LogP contribution < -0.4 is 0 Å². The van der Waals surface area contributed by atoms with Gasteiger partial charge in [-0.15, -0.1) is 0 Å². The predicted molar refractivity (Wildman–Crippen MR) is 77.4 cm³/mol. The molecule has 0 aliphatic carbocycles. The SMILES string of the molecule is CCC(=O)OC1(c2ccc(O)cc2)CCN(C)CC1C. The van der Waals surface area contributed by atoms with Gasteiger partial charge < -0.3 is 14.7 Å². The minimum absolute atomic E-state index is 0.172. The third-order valence-electron chi connectivity index (χ3n) is 4.19. The lowest BCUT2D eigenvalue weighted by Gasteiger charge is -2.45. The number of phenols is 1. The number of carbonyl (C=O) groups excluding carboxylic acids is 1. The Kier molecular flexibility index (Phi) is 4.33. The van der Waals surface area contributed by atoms with Crippen LogP contribution in [0, 0.1) is 5.92 Å². The van der Waals surface area contributed by atoms with E-state index in [-0.39, 0.29) is 17.6 Å². The van der Waals surface area contributed by atoms with Gasteiger partial charge in [-0.3, -0.25) is 4.79 Å². The molecule has 1 N–H and O–H groups in total. The minimum atomic E-state index is -0.576. The summed E-state index contributed by atoms with van der Waals surface area (Å²) in [6.45, 7) is 5.71. The molecule has 1 fully saturated rings. The zero-order chi connectivity index (χ0) is 14.8. The van der Waals surface area contributed by atoms with Gasteiger partial charge in [-0.1, -0.05) is 26.0 Å². The van der Waals surface area contributed by atoms with Crippen molar-refractivity contribution in [3.8, 4) is 5.75 Å². The molecule has 2 atom stereocenters. The fraction of sp³-hybridized carbons (Fsp3) is 0.562. The fourth-order valence-electron chi connectivity index (χ4n) is 2.97. The Balaban J connectivity index is 2.38. The number of hydrogen-bond acceptors (Lipinski definition) is 4. The van der Waals surface area contributed by atoms with Crippen molar-refractivity contribution in [2.45, 2.75) is 32.3 Å². The first-order valence-corrected chi connectivity index (χ1v) is 7.18. The molecule has 4 heteroatoms. The summed E-state index contributed by atoms with van der Waals surface area (Å²) in [5, 5.41) is 9.46. The minimum Gasteiger partial charge on any atom is -0.508 e. The first kappa shape index (κ1) is 14.9. The lowest BCUT2D eigenvalue weighted by Crippen LogP contribution is -2.50. The van der Waals surface area contributed by atoms with Crippen LogP contribution in [0.25, 0.3) is 0 Å². The molecule has 110 valence electrons. The maximum atomic E-state index is 11.9. The zero-order valence-corrected chi connectivity index (χ0v) is 12.4. The van der Waals surface area contributed by atoms with Crippen molar-refractivity contribution < 1.29 is 14.6 Å². The summed E-state index contributed by atoms with van der Waals surface area (Å²) >= 11 is 0. The number of ether oxygens (including phenoxy) is 1. The van der Waals surface area contributed by atoms with E-state index in [1.807, 2.05) is 19.1 Å². The second-order valence-corrected chi connectivity index (χ2v) is 5.68. The van der Waals surface area contributed by atoms with Crippen LogP contribution in [0.4, 0.5) is 0 Å². The second kappa shape index (κ2) is 5.83. The fourth-order valence-corrected chi connectivity index (χ4v) is 2.97. The van der Waals surface area contributed by atoms with Gasteiger partial charge in [0.05, 0.1) is 0 Å². The second-order valence-electron chi connectivity index (χ2n) is 5.68. The number of nitrogens with zero attached hydrogens (tertiary/aromatic N) is 1. The van der Waals surface area contributed by atoms with Crippen molar-refractivity contribution in [2.75, 3.05) is 20.1 Å². The van der Waals surface area contributed by atoms with E-state index in [2.05, 4.69) is 18.9 Å². The third-order valence-corrected chi connectivity index (χ3v) is 4.19. The average Bonchev–Trinajstić information content (AvgIpc) is 2.43. The molecule has 1 aromatic carbocycles. The van der Waals surface area contributed by atoms with Crippen LogP contribution in [0.2, 0.25) is 0 Å². The number of rotatable bonds is 3. The molecule has 0 amide bonds. The van der Waals surface area contributed by atoms with E-state index in [9.17, 15) is 9.90 Å². The summed E-state index contributed by atoms with van der Waals surface area (Å²) in [6.07, 6.45) is 1.16. The molecule has 0 bridgehead atoms. The number of phenolic OH excluding ortho intramolecular Hbond substituents is 1. The molecule has 1 saturated heterocycles. The lowest BCUT2D eigenvalue weighted by molar-refractivity contribution is -0.174. The van der Waals surface area contributed by atoms with Crippen LogP contribution in [0.5, 0.6) is 5.75 Å². The number of piperidine rings is 1. The zero-order valence-electron chi connectivity index (χ0n) is 12.4. The highest BCUT2D eigenvalue weighted by Crippen LogP contribution is 2.41. The normalized spacial score (nSPS) is 27.2. The number of hydrogen-bond donors (Lipinski definition) is 1. The lowest BCUT2D eigenvalue weighted by atomic mass is 9.76. The van der Waals surface area contributed by atoms with Crippen LogP contribution in [0.1, 0.15) is 32.3 Å². The molecule has 0 saturated carbocycles. The van der Waals surface area contributed by atoms with Gasteiger partial charge in [-0.25, -0.2) is 0 Å². The average molecular weight is 277 g/mol. The van der Waals surface area contributed by atoms with E-state index in [4.69, 9.17) is 4.74 Å². The molecular weight excluding hydrogens is 254 g/mol. The van der Waals surface area contributed by atoms with Crippen LogP contribution in [-0.2, 0) is 15.1 Å². The maximum absolute atomic E-state index is 11.9. The van der Waals surface area contributed by atoms with E-state index in [0.717, 1.165) is 25.1 Å². The van der Waals surface area contributed by atoms with Crippen molar-refractivity contribution in [2.24, 2.45) is 5.92 Å². The third kappa shape index (κ3) is 2.80. The van der Waals surface area contributed by atoms with Gasteiger partial charge in [0, 0.05) is 31.8 Å². The van der Waals surface area contributed by atoms with E-state index >= 15 is 0 Å². The van der Waals surface area contributed by atoms with Crippen molar-refractivity contribution in [1.29, 1.82) is 0 Å². The number of carbonyl (C=O) groups is 1. The monoisotopic (exact) mass is 277 g/mol. The van der Waals surface area contributed by atoms with Crippen LogP contribution in [0.3, 0.4) is 0 Å². The predicted octanol–water partition coefficient (Wildman–Crippen LogP) is 2.51. The standard InChI is InChI=1S/C16H23NO3/c1-4-15(19)20-16(9-10-17(3)11-12(16)2)13-5-7-14(18)8-6-13/h5-8,12,18H,4,9-11H2,1-3H3. The quantitative estimate of drug-likeness (QED) is 0.863. The number of likely N-dealkylation sites (tertiary alicyclic amines) is 1. The Labute approximate surface area is 120 Å². The Hall–Kier alpha value is -1.55. The molecule has 1 aliphatic rings. The molecule has 0 radical (unpaired) electrons. The van der Waals surface area contributed by atoms with Gasteiger partial charge in [-0.05, 0) is 24.7 Å². The number of benzene rings is 1. The van der Waals surface area contributed by atoms with Crippen LogP contribution in [0.15, 0.2) is 24.3 Å². The Morgan fingerprint density at radius 1 is 1.45 bits per heavy atom. The van der Waals surface area contributed by atoms with Crippen LogP contribution >= 0.6 is 0 Å². The molecule has 20 heavy (non-hydrogen) atoms. The van der Waals surface area contributed by atoms with E-state index in [1.165, 1.54) is 0 Å². The first-order valence-electron chi connectivity index (χ1n) is 7.18. The van der Waals surface area contributed by atoms with Gasteiger partial charge in [0.15, 0.2) is 0 Å². The Morgan fingerprint density at radius 3 is 2.65 bits per heavy atom. The van der Waals surface area contributed by atoms with Crippen molar-refractivity contribution in [3.05, 3.63) is 29.8 Å². The van der Waals surface area contributed by atoms with Crippen molar-refractivity contribution in [1.82, 2.24) is 4.90 Å². The van der Waals surface area contributed by atoms with E-state index in [1.54, 1.807) is 12.1 Å². The van der Waals surface area contributed by atoms with Gasteiger partial charge in [0.25, 0.3) is 0 Å². The molecule has 1 heterocycles. The molecular formula is C16H23NO3. The summed E-state index contributed by atoms with van der Waals surface area (Å²) < 4.78 is 5.87. The largest absolute Gasteiger partial charge is 0.508 e. The van der Waals surface area contributed by atoms with Crippen molar-refractivity contribution in [3.63, 3.8) is 0 Å². The molecule has 1 aliphatic heterocycles. The van der Waals surface area contributed by atoms with Gasteiger partial charge in [0.2, 0.25) is 0 Å².